The van der Waals surface area contributed by atoms with Crippen molar-refractivity contribution in [2.75, 3.05) is 10.6 Å². The summed E-state index contributed by atoms with van der Waals surface area (Å²) in [7, 11) is 0. The molecule has 0 saturated carbocycles. The van der Waals surface area contributed by atoms with E-state index in [1.807, 2.05) is 56.3 Å². The molecular weight excluding hydrogens is 316 g/mol. The number of carbonyl (C=O) groups excluding carboxylic acids is 2. The molecule has 0 aliphatic carbocycles. The van der Waals surface area contributed by atoms with Crippen LogP contribution in [-0.2, 0) is 9.59 Å². The maximum absolute atomic E-state index is 12.5. The number of nitrogens with one attached hydrogen (secondary N) is 2. The number of hydrogen-bond donors (Lipinski definition) is 2. The molecule has 6 heteroatoms. The summed E-state index contributed by atoms with van der Waals surface area (Å²) in [4.78, 5) is 29.2. The van der Waals surface area contributed by atoms with E-state index in [9.17, 15) is 9.59 Å². The Morgan fingerprint density at radius 1 is 1.24 bits per heavy atom. The molecule has 1 aromatic heterocycles. The molecule has 1 aliphatic rings. The van der Waals surface area contributed by atoms with E-state index in [0.29, 0.717) is 5.95 Å². The number of benzene rings is 2. The van der Waals surface area contributed by atoms with Gasteiger partial charge in [0.15, 0.2) is 0 Å². The normalized spacial score (nSPS) is 15.9. The topological polar surface area (TPSA) is 76.0 Å². The summed E-state index contributed by atoms with van der Waals surface area (Å²) in [6.45, 7) is 3.92. The number of hydrogen-bond acceptors (Lipinski definition) is 3. The van der Waals surface area contributed by atoms with E-state index in [-0.39, 0.29) is 18.2 Å². The van der Waals surface area contributed by atoms with Crippen LogP contribution in [0.3, 0.4) is 0 Å². The van der Waals surface area contributed by atoms with E-state index in [1.165, 1.54) is 0 Å². The molecule has 126 valence electrons. The fourth-order valence-electron chi connectivity index (χ4n) is 3.19. The number of aromatic nitrogens is 2. The summed E-state index contributed by atoms with van der Waals surface area (Å²) in [6.07, 6.45) is 0.0621. The number of nitrogens with zero attached hydrogens (tertiary/aromatic N) is 2. The molecule has 0 saturated heterocycles. The molecule has 0 radical (unpaired) electrons. The molecule has 2 aromatic carbocycles. The van der Waals surface area contributed by atoms with Gasteiger partial charge < -0.3 is 5.32 Å². The van der Waals surface area contributed by atoms with Crippen LogP contribution in [0.4, 0.5) is 11.6 Å². The van der Waals surface area contributed by atoms with Crippen molar-refractivity contribution >= 4 is 34.5 Å². The lowest BCUT2D eigenvalue weighted by Gasteiger charge is -2.13. The van der Waals surface area contributed by atoms with Crippen LogP contribution in [0.2, 0.25) is 0 Å². The highest BCUT2D eigenvalue weighted by Gasteiger charge is 2.34. The second-order valence-corrected chi connectivity index (χ2v) is 6.37. The molecule has 2 amide bonds. The Bertz CT molecular complexity index is 1010. The van der Waals surface area contributed by atoms with Gasteiger partial charge in [0.25, 0.3) is 0 Å². The minimum Gasteiger partial charge on any atom is -0.326 e. The molecule has 25 heavy (non-hydrogen) atoms. The van der Waals surface area contributed by atoms with Crippen molar-refractivity contribution in [1.29, 1.82) is 0 Å². The van der Waals surface area contributed by atoms with E-state index >= 15 is 0 Å². The number of para-hydroxylation sites is 2. The maximum Gasteiger partial charge on any atom is 0.250 e. The molecule has 3 aromatic rings. The summed E-state index contributed by atoms with van der Waals surface area (Å²) in [5.74, 6) is 0.0968. The summed E-state index contributed by atoms with van der Waals surface area (Å²) in [5.41, 5.74) is 4.49. The molecule has 0 bridgehead atoms. The van der Waals surface area contributed by atoms with E-state index in [1.54, 1.807) is 4.57 Å². The maximum atomic E-state index is 12.5. The number of aryl methyl sites for hydroxylation is 2. The first kappa shape index (κ1) is 15.4. The Morgan fingerprint density at radius 3 is 2.88 bits per heavy atom. The van der Waals surface area contributed by atoms with Gasteiger partial charge in [-0.2, -0.15) is 0 Å². The van der Waals surface area contributed by atoms with Crippen LogP contribution in [0.5, 0.6) is 0 Å². The van der Waals surface area contributed by atoms with E-state index in [4.69, 9.17) is 0 Å². The molecule has 6 nitrogen and oxygen atoms in total. The third kappa shape index (κ3) is 2.65. The van der Waals surface area contributed by atoms with Gasteiger partial charge in [0.2, 0.25) is 17.8 Å². The molecule has 4 rings (SSSR count). The van der Waals surface area contributed by atoms with E-state index < -0.39 is 6.04 Å². The lowest BCUT2D eigenvalue weighted by Crippen LogP contribution is -2.23. The predicted octanol–water partition coefficient (Wildman–Crippen LogP) is 3.18. The second kappa shape index (κ2) is 5.73. The first-order chi connectivity index (χ1) is 12.0. The minimum absolute atomic E-state index is 0.0621. The Kier molecular flexibility index (Phi) is 3.53. The van der Waals surface area contributed by atoms with Gasteiger partial charge in [-0.05, 0) is 43.2 Å². The van der Waals surface area contributed by atoms with Gasteiger partial charge in [0, 0.05) is 5.69 Å². The Morgan fingerprint density at radius 2 is 2.04 bits per heavy atom. The molecule has 2 N–H and O–H groups in total. The molecule has 1 aliphatic heterocycles. The summed E-state index contributed by atoms with van der Waals surface area (Å²) < 4.78 is 1.81. The van der Waals surface area contributed by atoms with Crippen LogP contribution in [0, 0.1) is 13.8 Å². The fraction of sp³-hybridized carbons (Fsp3) is 0.211. The highest BCUT2D eigenvalue weighted by Crippen LogP contribution is 2.32. The Balaban J connectivity index is 1.60. The Hall–Kier alpha value is -3.15. The first-order valence-corrected chi connectivity index (χ1v) is 8.18. The van der Waals surface area contributed by atoms with Crippen LogP contribution in [0.1, 0.15) is 23.6 Å². The van der Waals surface area contributed by atoms with Gasteiger partial charge >= 0.3 is 0 Å². The van der Waals surface area contributed by atoms with Gasteiger partial charge in [0.05, 0.1) is 17.5 Å². The summed E-state index contributed by atoms with van der Waals surface area (Å²) in [6, 6.07) is 12.9. The smallest absolute Gasteiger partial charge is 0.250 e. The van der Waals surface area contributed by atoms with Crippen LogP contribution < -0.4 is 10.6 Å². The summed E-state index contributed by atoms with van der Waals surface area (Å²) >= 11 is 0. The highest BCUT2D eigenvalue weighted by atomic mass is 16.2. The number of amides is 2. The minimum atomic E-state index is -0.590. The predicted molar refractivity (Wildman–Crippen MR) is 96.6 cm³/mol. The Labute approximate surface area is 144 Å². The fourth-order valence-corrected chi connectivity index (χ4v) is 3.19. The lowest BCUT2D eigenvalue weighted by atomic mass is 10.1. The van der Waals surface area contributed by atoms with Crippen molar-refractivity contribution in [2.24, 2.45) is 0 Å². The SMILES string of the molecule is Cc1ccc(C)c(NC(=O)CC2C(=O)Nc3nc4ccccc4n32)c1. The van der Waals surface area contributed by atoms with Gasteiger partial charge in [-0.15, -0.1) is 0 Å². The second-order valence-electron chi connectivity index (χ2n) is 6.37. The first-order valence-electron chi connectivity index (χ1n) is 8.18. The average molecular weight is 334 g/mol. The van der Waals surface area contributed by atoms with Crippen molar-refractivity contribution in [1.82, 2.24) is 9.55 Å². The van der Waals surface area contributed by atoms with Crippen molar-refractivity contribution in [2.45, 2.75) is 26.3 Å². The van der Waals surface area contributed by atoms with Crippen LogP contribution in [0.15, 0.2) is 42.5 Å². The third-order valence-corrected chi connectivity index (χ3v) is 4.49. The van der Waals surface area contributed by atoms with Crippen molar-refractivity contribution in [3.63, 3.8) is 0 Å². The van der Waals surface area contributed by atoms with Crippen LogP contribution in [0.25, 0.3) is 11.0 Å². The molecule has 1 unspecified atom stereocenters. The van der Waals surface area contributed by atoms with Crippen LogP contribution >= 0.6 is 0 Å². The number of carbonyl (C=O) groups is 2. The number of fused-ring (bicyclic) bond motifs is 3. The monoisotopic (exact) mass is 334 g/mol. The van der Waals surface area contributed by atoms with Gasteiger partial charge in [0.1, 0.15) is 6.04 Å². The zero-order valence-electron chi connectivity index (χ0n) is 14.0. The van der Waals surface area contributed by atoms with Crippen molar-refractivity contribution < 1.29 is 9.59 Å². The molecule has 1 atom stereocenters. The third-order valence-electron chi connectivity index (χ3n) is 4.49. The average Bonchev–Trinajstić information content (AvgIpc) is 3.07. The van der Waals surface area contributed by atoms with Crippen molar-refractivity contribution in [3.8, 4) is 0 Å². The molecule has 0 spiro atoms. The molecule has 2 heterocycles. The standard InChI is InChI=1S/C19H18N4O2/c1-11-7-8-12(2)14(9-11)20-17(24)10-16-18(25)22-19-21-13-5-3-4-6-15(13)23(16)19/h3-9,16H,10H2,1-2H3,(H,20,24)(H,21,22,25). The molecule has 0 fully saturated rings. The van der Waals surface area contributed by atoms with Gasteiger partial charge in [-0.25, -0.2) is 4.98 Å². The van der Waals surface area contributed by atoms with Gasteiger partial charge in [-0.3, -0.25) is 19.5 Å². The zero-order valence-corrected chi connectivity index (χ0v) is 14.0. The zero-order chi connectivity index (χ0) is 17.6. The number of anilines is 2. The lowest BCUT2D eigenvalue weighted by molar-refractivity contribution is -0.123. The number of rotatable bonds is 3. The van der Waals surface area contributed by atoms with Crippen molar-refractivity contribution in [3.05, 3.63) is 53.6 Å². The largest absolute Gasteiger partial charge is 0.326 e. The van der Waals surface area contributed by atoms with E-state index in [0.717, 1.165) is 27.8 Å². The highest BCUT2D eigenvalue weighted by molar-refractivity contribution is 6.03. The molecular formula is C19H18N4O2. The van der Waals surface area contributed by atoms with E-state index in [2.05, 4.69) is 15.6 Å². The summed E-state index contributed by atoms with van der Waals surface area (Å²) in [5, 5.41) is 5.68. The number of imidazole rings is 1. The van der Waals surface area contributed by atoms with Gasteiger partial charge in [-0.1, -0.05) is 24.3 Å². The quantitative estimate of drug-likeness (QED) is 0.772. The van der Waals surface area contributed by atoms with Crippen LogP contribution in [-0.4, -0.2) is 21.4 Å².